The molecule has 0 spiro atoms. The summed E-state index contributed by atoms with van der Waals surface area (Å²) >= 11 is 6.10. The molecule has 11 heteroatoms. The second-order valence-corrected chi connectivity index (χ2v) is 9.04. The van der Waals surface area contributed by atoms with E-state index < -0.39 is 20.7 Å². The quantitative estimate of drug-likeness (QED) is 0.338. The maximum atomic E-state index is 11.6. The highest BCUT2D eigenvalue weighted by atomic mass is 35.5. The molecule has 0 fully saturated rings. The van der Waals surface area contributed by atoms with Crippen LogP contribution in [-0.2, 0) is 19.4 Å². The van der Waals surface area contributed by atoms with Crippen LogP contribution < -0.4 is 10.1 Å². The molecule has 2 aromatic rings. The molecule has 0 heterocycles. The minimum Gasteiger partial charge on any atom is -0.463 e. The Bertz CT molecular complexity index is 1050. The Labute approximate surface area is 179 Å². The van der Waals surface area contributed by atoms with E-state index in [1.165, 1.54) is 36.4 Å². The van der Waals surface area contributed by atoms with E-state index >= 15 is 0 Å². The minimum atomic E-state index is -3.42. The summed E-state index contributed by atoms with van der Waals surface area (Å²) in [6.45, 7) is 3.58. The average molecular weight is 457 g/mol. The van der Waals surface area contributed by atoms with Crippen molar-refractivity contribution in [3.8, 4) is 11.5 Å². The summed E-state index contributed by atoms with van der Waals surface area (Å²) in [6.07, 6.45) is 0.839. The second kappa shape index (κ2) is 9.77. The Morgan fingerprint density at radius 2 is 1.93 bits per heavy atom. The standard InChI is InChI=1S/C19H21ClN2O7S/c1-12(2)28-19(23)8-9-21-16-10-13(4-6-17(16)22(24)25)29-18-7-5-14(11-15(18)20)30(3,26)27/h4-7,10-12,21H,8-9H2,1-3H3. The summed E-state index contributed by atoms with van der Waals surface area (Å²) in [4.78, 5) is 22.4. The van der Waals surface area contributed by atoms with E-state index in [-0.39, 0.29) is 51.9 Å². The first-order chi connectivity index (χ1) is 14.0. The average Bonchev–Trinajstić information content (AvgIpc) is 2.62. The number of nitro benzene ring substituents is 1. The predicted molar refractivity (Wildman–Crippen MR) is 112 cm³/mol. The van der Waals surface area contributed by atoms with Gasteiger partial charge in [-0.05, 0) is 38.1 Å². The summed E-state index contributed by atoms with van der Waals surface area (Å²) in [7, 11) is -3.42. The molecule has 0 aliphatic carbocycles. The molecule has 0 unspecified atom stereocenters. The maximum absolute atomic E-state index is 11.6. The first kappa shape index (κ1) is 23.4. The summed E-state index contributed by atoms with van der Waals surface area (Å²) in [6, 6.07) is 8.04. The van der Waals surface area contributed by atoms with Gasteiger partial charge in [-0.15, -0.1) is 0 Å². The Balaban J connectivity index is 2.19. The zero-order chi connectivity index (χ0) is 22.5. The lowest BCUT2D eigenvalue weighted by Gasteiger charge is -2.12. The van der Waals surface area contributed by atoms with Crippen LogP contribution in [0.15, 0.2) is 41.3 Å². The van der Waals surface area contributed by atoms with Gasteiger partial charge in [0.15, 0.2) is 9.84 Å². The topological polar surface area (TPSA) is 125 Å². The van der Waals surface area contributed by atoms with Crippen LogP contribution in [0.25, 0.3) is 0 Å². The van der Waals surface area contributed by atoms with E-state index in [9.17, 15) is 23.3 Å². The third kappa shape index (κ3) is 6.60. The normalized spacial score (nSPS) is 11.2. The lowest BCUT2D eigenvalue weighted by Crippen LogP contribution is -2.15. The maximum Gasteiger partial charge on any atom is 0.307 e. The molecule has 0 radical (unpaired) electrons. The van der Waals surface area contributed by atoms with Gasteiger partial charge in [0, 0.05) is 24.9 Å². The van der Waals surface area contributed by atoms with Crippen LogP contribution in [0, 0.1) is 10.1 Å². The van der Waals surface area contributed by atoms with Crippen LogP contribution in [-0.4, -0.2) is 38.2 Å². The lowest BCUT2D eigenvalue weighted by atomic mass is 10.2. The third-order valence-corrected chi connectivity index (χ3v) is 5.14. The fraction of sp³-hybridized carbons (Fsp3) is 0.316. The Kier molecular flexibility index (Phi) is 7.63. The van der Waals surface area contributed by atoms with E-state index in [0.29, 0.717) is 0 Å². The van der Waals surface area contributed by atoms with Crippen molar-refractivity contribution < 1.29 is 27.6 Å². The number of nitrogens with zero attached hydrogens (tertiary/aromatic N) is 1. The number of nitro groups is 1. The molecule has 0 aliphatic rings. The molecule has 0 bridgehead atoms. The summed E-state index contributed by atoms with van der Waals surface area (Å²) in [5.74, 6) is -0.00320. The zero-order valence-corrected chi connectivity index (χ0v) is 18.1. The molecular weight excluding hydrogens is 436 g/mol. The number of carbonyl (C=O) groups is 1. The number of esters is 1. The molecule has 0 aliphatic heterocycles. The van der Waals surface area contributed by atoms with E-state index in [1.807, 2.05) is 0 Å². The Morgan fingerprint density at radius 1 is 1.23 bits per heavy atom. The molecule has 0 saturated carbocycles. The highest BCUT2D eigenvalue weighted by Crippen LogP contribution is 2.35. The molecule has 30 heavy (non-hydrogen) atoms. The molecule has 1 N–H and O–H groups in total. The number of halogens is 1. The first-order valence-electron chi connectivity index (χ1n) is 8.86. The number of carbonyl (C=O) groups excluding carboxylic acids is 1. The van der Waals surface area contributed by atoms with Gasteiger partial charge in [-0.3, -0.25) is 14.9 Å². The molecule has 0 amide bonds. The highest BCUT2D eigenvalue weighted by molar-refractivity contribution is 7.90. The van der Waals surface area contributed by atoms with Gasteiger partial charge in [-0.2, -0.15) is 0 Å². The van der Waals surface area contributed by atoms with E-state index in [0.717, 1.165) is 6.26 Å². The summed E-state index contributed by atoms with van der Waals surface area (Å²) in [5.41, 5.74) is -0.0446. The lowest BCUT2D eigenvalue weighted by molar-refractivity contribution is -0.384. The van der Waals surface area contributed by atoms with E-state index in [4.69, 9.17) is 21.1 Å². The van der Waals surface area contributed by atoms with Gasteiger partial charge in [0.25, 0.3) is 5.69 Å². The molecular formula is C19H21ClN2O7S. The largest absolute Gasteiger partial charge is 0.463 e. The Morgan fingerprint density at radius 3 is 2.50 bits per heavy atom. The SMILES string of the molecule is CC(C)OC(=O)CCNc1cc(Oc2ccc(S(C)(=O)=O)cc2Cl)ccc1[N+](=O)[O-]. The van der Waals surface area contributed by atoms with Crippen molar-refractivity contribution in [1.82, 2.24) is 0 Å². The van der Waals surface area contributed by atoms with Gasteiger partial charge >= 0.3 is 5.97 Å². The number of rotatable bonds is 9. The number of sulfone groups is 1. The second-order valence-electron chi connectivity index (χ2n) is 6.62. The van der Waals surface area contributed by atoms with Crippen molar-refractivity contribution in [3.63, 3.8) is 0 Å². The number of nitrogens with one attached hydrogen (secondary N) is 1. The molecule has 0 aromatic heterocycles. The molecule has 0 saturated heterocycles. The number of hydrogen-bond acceptors (Lipinski definition) is 8. The number of ether oxygens (including phenoxy) is 2. The Hall–Kier alpha value is -2.85. The molecule has 0 atom stereocenters. The van der Waals surface area contributed by atoms with Gasteiger partial charge in [0.2, 0.25) is 0 Å². The van der Waals surface area contributed by atoms with Crippen molar-refractivity contribution in [3.05, 3.63) is 51.5 Å². The predicted octanol–water partition coefficient (Wildman–Crippen LogP) is 4.20. The van der Waals surface area contributed by atoms with Gasteiger partial charge in [-0.1, -0.05) is 11.6 Å². The fourth-order valence-electron chi connectivity index (χ4n) is 2.42. The first-order valence-corrected chi connectivity index (χ1v) is 11.1. The monoisotopic (exact) mass is 456 g/mol. The number of hydrogen-bond donors (Lipinski definition) is 1. The van der Waals surface area contributed by atoms with Crippen LogP contribution in [0.4, 0.5) is 11.4 Å². The van der Waals surface area contributed by atoms with Crippen LogP contribution in [0.2, 0.25) is 5.02 Å². The minimum absolute atomic E-state index is 0.0270. The molecule has 9 nitrogen and oxygen atoms in total. The van der Waals surface area contributed by atoms with Crippen LogP contribution in [0.3, 0.4) is 0 Å². The van der Waals surface area contributed by atoms with Crippen LogP contribution in [0.5, 0.6) is 11.5 Å². The van der Waals surface area contributed by atoms with Crippen molar-refractivity contribution in [1.29, 1.82) is 0 Å². The third-order valence-electron chi connectivity index (χ3n) is 3.74. The smallest absolute Gasteiger partial charge is 0.307 e. The highest BCUT2D eigenvalue weighted by Gasteiger charge is 2.17. The van der Waals surface area contributed by atoms with Gasteiger partial charge < -0.3 is 14.8 Å². The molecule has 2 aromatic carbocycles. The van der Waals surface area contributed by atoms with Gasteiger partial charge in [0.05, 0.1) is 27.4 Å². The van der Waals surface area contributed by atoms with Crippen molar-refractivity contribution in [2.24, 2.45) is 0 Å². The van der Waals surface area contributed by atoms with Crippen LogP contribution in [0.1, 0.15) is 20.3 Å². The van der Waals surface area contributed by atoms with E-state index in [1.54, 1.807) is 13.8 Å². The zero-order valence-electron chi connectivity index (χ0n) is 16.5. The fourth-order valence-corrected chi connectivity index (χ4v) is 3.35. The van der Waals surface area contributed by atoms with Crippen molar-refractivity contribution in [2.45, 2.75) is 31.3 Å². The van der Waals surface area contributed by atoms with Gasteiger partial charge in [0.1, 0.15) is 17.2 Å². The summed E-state index contributed by atoms with van der Waals surface area (Å²) in [5, 5.41) is 14.2. The molecule has 2 rings (SSSR count). The van der Waals surface area contributed by atoms with Crippen LogP contribution >= 0.6 is 11.6 Å². The number of anilines is 1. The van der Waals surface area contributed by atoms with Crippen molar-refractivity contribution >= 4 is 38.8 Å². The van der Waals surface area contributed by atoms with Crippen molar-refractivity contribution in [2.75, 3.05) is 18.1 Å². The molecule has 162 valence electrons. The van der Waals surface area contributed by atoms with E-state index in [2.05, 4.69) is 5.32 Å². The van der Waals surface area contributed by atoms with Gasteiger partial charge in [-0.25, -0.2) is 8.42 Å². The number of benzene rings is 2. The summed E-state index contributed by atoms with van der Waals surface area (Å²) < 4.78 is 33.9.